The summed E-state index contributed by atoms with van der Waals surface area (Å²) in [4.78, 5) is 14.7. The Morgan fingerprint density at radius 1 is 1.46 bits per heavy atom. The SMILES string of the molecule is C[C@H]1C[C@@]2(CCN1Cc1cccc(OCC(N)=O)c1)OCCc1cc(Cl)sc12. The van der Waals surface area contributed by atoms with Crippen LogP contribution >= 0.6 is 22.9 Å². The van der Waals surface area contributed by atoms with Crippen LogP contribution in [0.2, 0.25) is 4.34 Å². The fourth-order valence-electron chi connectivity index (χ4n) is 4.34. The minimum atomic E-state index is -0.471. The van der Waals surface area contributed by atoms with Gasteiger partial charge in [0, 0.05) is 24.0 Å². The summed E-state index contributed by atoms with van der Waals surface area (Å²) in [6, 6.07) is 10.4. The molecule has 5 nitrogen and oxygen atoms in total. The van der Waals surface area contributed by atoms with Crippen LogP contribution in [0, 0.1) is 0 Å². The predicted molar refractivity (Wildman–Crippen MR) is 111 cm³/mol. The van der Waals surface area contributed by atoms with Crippen LogP contribution in [0.3, 0.4) is 0 Å². The van der Waals surface area contributed by atoms with Gasteiger partial charge < -0.3 is 15.2 Å². The summed E-state index contributed by atoms with van der Waals surface area (Å²) in [6.07, 6.45) is 2.89. The van der Waals surface area contributed by atoms with Crippen LogP contribution < -0.4 is 10.5 Å². The van der Waals surface area contributed by atoms with Gasteiger partial charge in [-0.3, -0.25) is 9.69 Å². The second-order valence-corrected chi connectivity index (χ2v) is 9.36. The highest BCUT2D eigenvalue weighted by Crippen LogP contribution is 2.48. The normalized spacial score (nSPS) is 24.9. The molecule has 4 rings (SSSR count). The van der Waals surface area contributed by atoms with Crippen LogP contribution in [0.1, 0.15) is 35.8 Å². The molecular weight excluding hydrogens is 396 g/mol. The number of ether oxygens (including phenoxy) is 2. The number of nitrogens with two attached hydrogens (primary N) is 1. The molecule has 0 radical (unpaired) electrons. The third kappa shape index (κ3) is 4.06. The molecule has 1 aromatic carbocycles. The van der Waals surface area contributed by atoms with Crippen molar-refractivity contribution in [2.45, 2.75) is 44.4 Å². The number of rotatable bonds is 5. The maximum Gasteiger partial charge on any atom is 0.255 e. The number of likely N-dealkylation sites (tertiary alicyclic amines) is 1. The third-order valence-corrected chi connectivity index (χ3v) is 7.15. The Hall–Kier alpha value is -1.60. The van der Waals surface area contributed by atoms with E-state index in [1.165, 1.54) is 10.4 Å². The smallest absolute Gasteiger partial charge is 0.255 e. The molecule has 2 aromatic rings. The Morgan fingerprint density at radius 2 is 2.32 bits per heavy atom. The Labute approximate surface area is 174 Å². The lowest BCUT2D eigenvalue weighted by atomic mass is 9.82. The summed E-state index contributed by atoms with van der Waals surface area (Å²) in [6.45, 7) is 4.73. The highest BCUT2D eigenvalue weighted by Gasteiger charge is 2.44. The fourth-order valence-corrected chi connectivity index (χ4v) is 5.82. The zero-order chi connectivity index (χ0) is 19.7. The molecule has 1 aromatic heterocycles. The molecule has 7 heteroatoms. The molecule has 0 unspecified atom stereocenters. The van der Waals surface area contributed by atoms with Gasteiger partial charge in [0.15, 0.2) is 6.61 Å². The van der Waals surface area contributed by atoms with Gasteiger partial charge in [-0.05, 0) is 55.5 Å². The number of nitrogens with zero attached hydrogens (tertiary/aromatic N) is 1. The van der Waals surface area contributed by atoms with E-state index in [2.05, 4.69) is 24.0 Å². The van der Waals surface area contributed by atoms with Gasteiger partial charge in [0.25, 0.3) is 5.91 Å². The molecule has 2 aliphatic heterocycles. The van der Waals surface area contributed by atoms with E-state index in [9.17, 15) is 4.79 Å². The molecule has 0 aliphatic carbocycles. The van der Waals surface area contributed by atoms with Gasteiger partial charge in [-0.25, -0.2) is 0 Å². The minimum absolute atomic E-state index is 0.102. The fraction of sp³-hybridized carbons (Fsp3) is 0.476. The van der Waals surface area contributed by atoms with Gasteiger partial charge in [-0.15, -0.1) is 11.3 Å². The first-order valence-electron chi connectivity index (χ1n) is 9.62. The number of fused-ring (bicyclic) bond motifs is 2. The molecule has 2 aliphatic rings. The van der Waals surface area contributed by atoms with E-state index in [4.69, 9.17) is 26.8 Å². The Morgan fingerprint density at radius 3 is 3.11 bits per heavy atom. The highest BCUT2D eigenvalue weighted by atomic mass is 35.5. The number of halogens is 1. The second-order valence-electron chi connectivity index (χ2n) is 7.67. The van der Waals surface area contributed by atoms with Crippen LogP contribution in [0.15, 0.2) is 30.3 Å². The van der Waals surface area contributed by atoms with Crippen molar-refractivity contribution in [2.75, 3.05) is 19.8 Å². The zero-order valence-electron chi connectivity index (χ0n) is 15.9. The molecule has 150 valence electrons. The Balaban J connectivity index is 1.44. The number of benzene rings is 1. The van der Waals surface area contributed by atoms with Crippen molar-refractivity contribution in [2.24, 2.45) is 5.73 Å². The lowest BCUT2D eigenvalue weighted by molar-refractivity contribution is -0.119. The summed E-state index contributed by atoms with van der Waals surface area (Å²) in [5.74, 6) is 0.201. The monoisotopic (exact) mass is 420 g/mol. The quantitative estimate of drug-likeness (QED) is 0.800. The van der Waals surface area contributed by atoms with Crippen LogP contribution in [0.4, 0.5) is 0 Å². The van der Waals surface area contributed by atoms with E-state index < -0.39 is 5.91 Å². The first-order valence-corrected chi connectivity index (χ1v) is 10.8. The van der Waals surface area contributed by atoms with Crippen LogP contribution in [-0.2, 0) is 28.1 Å². The van der Waals surface area contributed by atoms with Crippen molar-refractivity contribution in [3.8, 4) is 5.75 Å². The van der Waals surface area contributed by atoms with Crippen molar-refractivity contribution in [1.29, 1.82) is 0 Å². The van der Waals surface area contributed by atoms with Gasteiger partial charge in [-0.1, -0.05) is 23.7 Å². The van der Waals surface area contributed by atoms with E-state index in [1.807, 2.05) is 18.2 Å². The summed E-state index contributed by atoms with van der Waals surface area (Å²) in [5, 5.41) is 0. The van der Waals surface area contributed by atoms with Gasteiger partial charge in [-0.2, -0.15) is 0 Å². The molecule has 3 heterocycles. The topological polar surface area (TPSA) is 64.8 Å². The summed E-state index contributed by atoms with van der Waals surface area (Å²) in [7, 11) is 0. The number of thiophene rings is 1. The second kappa shape index (κ2) is 8.03. The van der Waals surface area contributed by atoms with Crippen molar-refractivity contribution in [1.82, 2.24) is 4.90 Å². The molecule has 2 atom stereocenters. The van der Waals surface area contributed by atoms with Crippen LogP contribution in [0.25, 0.3) is 0 Å². The molecule has 1 amide bonds. The van der Waals surface area contributed by atoms with Gasteiger partial charge in [0.05, 0.1) is 10.9 Å². The largest absolute Gasteiger partial charge is 0.484 e. The maximum absolute atomic E-state index is 10.9. The Kier molecular flexibility index (Phi) is 5.65. The highest BCUT2D eigenvalue weighted by molar-refractivity contribution is 7.16. The number of hydrogen-bond donors (Lipinski definition) is 1. The van der Waals surface area contributed by atoms with E-state index in [-0.39, 0.29) is 12.2 Å². The summed E-state index contributed by atoms with van der Waals surface area (Å²) >= 11 is 7.98. The molecule has 1 fully saturated rings. The van der Waals surface area contributed by atoms with E-state index in [0.717, 1.165) is 48.9 Å². The van der Waals surface area contributed by atoms with Gasteiger partial charge in [0.2, 0.25) is 0 Å². The predicted octanol–water partition coefficient (Wildman–Crippen LogP) is 3.72. The van der Waals surface area contributed by atoms with Gasteiger partial charge >= 0.3 is 0 Å². The summed E-state index contributed by atoms with van der Waals surface area (Å²) in [5.41, 5.74) is 7.49. The van der Waals surface area contributed by atoms with Crippen molar-refractivity contribution in [3.05, 3.63) is 50.7 Å². The lowest BCUT2D eigenvalue weighted by Gasteiger charge is -2.47. The Bertz CT molecular complexity index is 871. The molecule has 1 saturated heterocycles. The maximum atomic E-state index is 10.9. The molecule has 2 N–H and O–H groups in total. The van der Waals surface area contributed by atoms with Crippen LogP contribution in [0.5, 0.6) is 5.75 Å². The number of hydrogen-bond acceptors (Lipinski definition) is 5. The minimum Gasteiger partial charge on any atom is -0.484 e. The standard InChI is InChI=1S/C21H25ClN2O3S/c1-14-11-21(20-16(5-8-27-21)10-18(22)28-20)6-7-24(14)12-15-3-2-4-17(9-15)26-13-19(23)25/h2-4,9-10,14H,5-8,11-13H2,1H3,(H2,23,25)/t14-,21+/m0/s1. The molecule has 0 saturated carbocycles. The number of piperidine rings is 1. The van der Waals surface area contributed by atoms with Gasteiger partial charge in [0.1, 0.15) is 11.4 Å². The molecular formula is C21H25ClN2O3S. The van der Waals surface area contributed by atoms with Crippen LogP contribution in [-0.4, -0.2) is 36.6 Å². The lowest BCUT2D eigenvalue weighted by Crippen LogP contribution is -2.49. The third-order valence-electron chi connectivity index (χ3n) is 5.66. The van der Waals surface area contributed by atoms with E-state index in [1.54, 1.807) is 11.3 Å². The summed E-state index contributed by atoms with van der Waals surface area (Å²) < 4.78 is 12.6. The molecule has 28 heavy (non-hydrogen) atoms. The zero-order valence-corrected chi connectivity index (χ0v) is 17.5. The number of amides is 1. The van der Waals surface area contributed by atoms with Crippen molar-refractivity contribution in [3.63, 3.8) is 0 Å². The molecule has 1 spiro atoms. The average molecular weight is 421 g/mol. The van der Waals surface area contributed by atoms with E-state index in [0.29, 0.717) is 11.8 Å². The average Bonchev–Trinajstić information content (AvgIpc) is 3.05. The van der Waals surface area contributed by atoms with Crippen molar-refractivity contribution >= 4 is 28.8 Å². The van der Waals surface area contributed by atoms with Crippen molar-refractivity contribution < 1.29 is 14.3 Å². The number of carbonyl (C=O) groups excluding carboxylic acids is 1. The molecule has 0 bridgehead atoms. The first kappa shape index (κ1) is 19.7. The first-order chi connectivity index (χ1) is 13.4. The number of carbonyl (C=O) groups is 1. The van der Waals surface area contributed by atoms with E-state index >= 15 is 0 Å². The number of primary amides is 1.